The van der Waals surface area contributed by atoms with Crippen molar-refractivity contribution in [1.29, 1.82) is 0 Å². The quantitative estimate of drug-likeness (QED) is 0.118. The van der Waals surface area contributed by atoms with Gasteiger partial charge >= 0.3 is 0 Å². The van der Waals surface area contributed by atoms with Crippen molar-refractivity contribution in [2.75, 3.05) is 25.4 Å². The first-order chi connectivity index (χ1) is 23.4. The van der Waals surface area contributed by atoms with Crippen molar-refractivity contribution >= 4 is 31.9 Å². The number of amides is 1. The maximum absolute atomic E-state index is 14.7. The third kappa shape index (κ3) is 7.97. The topological polar surface area (TPSA) is 76.2 Å². The van der Waals surface area contributed by atoms with E-state index in [9.17, 15) is 9.18 Å². The molecule has 3 heterocycles. The number of nitrogen functional groups attached to an aromatic ring is 1. The summed E-state index contributed by atoms with van der Waals surface area (Å²) in [6.45, 7) is 5.81. The number of aromatic nitrogens is 2. The van der Waals surface area contributed by atoms with E-state index >= 15 is 0 Å². The molecule has 0 bridgehead atoms. The number of para-hydroxylation sites is 1. The largest absolute Gasteiger partial charge is 0.384 e. The van der Waals surface area contributed by atoms with Gasteiger partial charge in [-0.2, -0.15) is 0 Å². The minimum absolute atomic E-state index is 0.0286. The third-order valence-electron chi connectivity index (χ3n) is 9.74. The molecule has 2 aliphatic rings. The van der Waals surface area contributed by atoms with Gasteiger partial charge in [0.15, 0.2) is 0 Å². The number of likely N-dealkylation sites (tertiary alicyclic amines) is 1. The van der Waals surface area contributed by atoms with Crippen LogP contribution in [-0.2, 0) is 17.9 Å². The van der Waals surface area contributed by atoms with Crippen LogP contribution < -0.4 is 11.1 Å². The summed E-state index contributed by atoms with van der Waals surface area (Å²) in [6, 6.07) is 23.1. The van der Waals surface area contributed by atoms with Crippen LogP contribution >= 0.6 is 9.24 Å². The lowest BCUT2D eigenvalue weighted by Crippen LogP contribution is -2.41. The van der Waals surface area contributed by atoms with Crippen molar-refractivity contribution in [2.24, 2.45) is 5.92 Å². The number of nitrogens with one attached hydrogen (secondary N) is 1. The highest BCUT2D eigenvalue weighted by molar-refractivity contribution is 7.18. The van der Waals surface area contributed by atoms with Crippen LogP contribution in [0.1, 0.15) is 56.1 Å². The second-order valence-electron chi connectivity index (χ2n) is 13.1. The molecule has 1 aliphatic carbocycles. The Hall–Kier alpha value is -4.06. The maximum Gasteiger partial charge on any atom is 0.225 e. The molecule has 0 radical (unpaired) electrons. The molecule has 1 amide bonds. The molecule has 1 aliphatic heterocycles. The summed E-state index contributed by atoms with van der Waals surface area (Å²) in [7, 11) is 2.68. The van der Waals surface area contributed by atoms with Crippen molar-refractivity contribution in [3.8, 4) is 11.3 Å². The molecule has 6 rings (SSSR count). The molecule has 4 aromatic rings. The molecule has 1 saturated heterocycles. The lowest BCUT2D eigenvalue weighted by molar-refractivity contribution is -0.137. The first-order valence-electron chi connectivity index (χ1n) is 17.3. The average molecular weight is 664 g/mol. The van der Waals surface area contributed by atoms with Gasteiger partial charge < -0.3 is 20.5 Å². The zero-order valence-electron chi connectivity index (χ0n) is 27.8. The Bertz CT molecular complexity index is 1800. The van der Waals surface area contributed by atoms with Gasteiger partial charge in [-0.25, -0.2) is 9.37 Å². The van der Waals surface area contributed by atoms with E-state index < -0.39 is 0 Å². The molecule has 0 spiro atoms. The van der Waals surface area contributed by atoms with E-state index in [-0.39, 0.29) is 23.3 Å². The van der Waals surface area contributed by atoms with Crippen LogP contribution in [0.2, 0.25) is 0 Å². The number of hydrogen-bond acceptors (Lipinski definition) is 4. The molecule has 6 nitrogen and oxygen atoms in total. The van der Waals surface area contributed by atoms with Crippen LogP contribution in [0, 0.1) is 5.92 Å². The van der Waals surface area contributed by atoms with E-state index in [0.717, 1.165) is 80.5 Å². The predicted molar refractivity (Wildman–Crippen MR) is 199 cm³/mol. The molecule has 8 heteroatoms. The first kappa shape index (κ1) is 33.8. The molecule has 2 aromatic carbocycles. The Balaban J connectivity index is 1.17. The second-order valence-corrected chi connectivity index (χ2v) is 13.8. The van der Waals surface area contributed by atoms with Gasteiger partial charge in [-0.3, -0.25) is 4.79 Å². The number of carbonyl (C=O) groups is 1. The van der Waals surface area contributed by atoms with Crippen molar-refractivity contribution in [2.45, 2.75) is 63.7 Å². The number of piperidine rings is 1. The van der Waals surface area contributed by atoms with Crippen LogP contribution in [0.3, 0.4) is 0 Å². The highest BCUT2D eigenvalue weighted by Gasteiger charge is 2.31. The fraction of sp³-hybridized carbons (Fsp3) is 0.350. The Morgan fingerprint density at radius 2 is 1.88 bits per heavy atom. The van der Waals surface area contributed by atoms with E-state index in [1.54, 1.807) is 18.3 Å². The molecular formula is C40H47FN5OP. The summed E-state index contributed by atoms with van der Waals surface area (Å²) in [5.74, 6) is 0.970. The van der Waals surface area contributed by atoms with Gasteiger partial charge in [-0.15, -0.1) is 9.24 Å². The number of benzene rings is 2. The maximum atomic E-state index is 14.7. The summed E-state index contributed by atoms with van der Waals surface area (Å²) in [5.41, 5.74) is 12.7. The highest BCUT2D eigenvalue weighted by Crippen LogP contribution is 2.43. The normalized spacial score (nSPS) is 17.6. The van der Waals surface area contributed by atoms with E-state index in [2.05, 4.69) is 84.5 Å². The SMILES string of the molecule is CCC(CCCNCc1ccnc(N)c1)C(=O)N1CCC(c2c(-c3ccccc3)n(CC3=CC(F)=CC(P)C=C3)c3ccccc23)CC1. The smallest absolute Gasteiger partial charge is 0.225 e. The predicted octanol–water partition coefficient (Wildman–Crippen LogP) is 8.18. The summed E-state index contributed by atoms with van der Waals surface area (Å²) >= 11 is 0. The summed E-state index contributed by atoms with van der Waals surface area (Å²) < 4.78 is 17.1. The second kappa shape index (κ2) is 15.9. The molecule has 250 valence electrons. The van der Waals surface area contributed by atoms with Gasteiger partial charge in [0.05, 0.1) is 5.69 Å². The molecule has 1 fully saturated rings. The highest BCUT2D eigenvalue weighted by atomic mass is 31.0. The number of anilines is 1. The molecule has 3 unspecified atom stereocenters. The Kier molecular flexibility index (Phi) is 11.2. The van der Waals surface area contributed by atoms with Crippen LogP contribution in [0.15, 0.2) is 109 Å². The monoisotopic (exact) mass is 663 g/mol. The van der Waals surface area contributed by atoms with E-state index in [4.69, 9.17) is 5.73 Å². The summed E-state index contributed by atoms with van der Waals surface area (Å²) in [6.07, 6.45) is 13.6. The molecule has 3 N–H and O–H groups in total. The molecule has 3 atom stereocenters. The van der Waals surface area contributed by atoms with Crippen LogP contribution in [-0.4, -0.2) is 45.7 Å². The number of carbonyl (C=O) groups excluding carboxylic acids is 1. The fourth-order valence-electron chi connectivity index (χ4n) is 7.30. The zero-order valence-corrected chi connectivity index (χ0v) is 29.0. The minimum atomic E-state index is -0.206. The Morgan fingerprint density at radius 1 is 1.10 bits per heavy atom. The van der Waals surface area contributed by atoms with Gasteiger partial charge in [0.25, 0.3) is 0 Å². The lowest BCUT2D eigenvalue weighted by atomic mass is 9.85. The average Bonchev–Trinajstić information content (AvgIpc) is 3.32. The zero-order chi connectivity index (χ0) is 33.5. The van der Waals surface area contributed by atoms with E-state index in [1.807, 2.05) is 30.4 Å². The first-order valence-corrected chi connectivity index (χ1v) is 18.0. The van der Waals surface area contributed by atoms with Crippen LogP contribution in [0.5, 0.6) is 0 Å². The van der Waals surface area contributed by atoms with Gasteiger partial charge in [-0.1, -0.05) is 67.6 Å². The third-order valence-corrected chi connectivity index (χ3v) is 10.2. The van der Waals surface area contributed by atoms with E-state index in [0.29, 0.717) is 18.3 Å². The van der Waals surface area contributed by atoms with Crippen molar-refractivity contribution in [3.63, 3.8) is 0 Å². The van der Waals surface area contributed by atoms with Gasteiger partial charge in [0.2, 0.25) is 5.91 Å². The lowest BCUT2D eigenvalue weighted by Gasteiger charge is -2.35. The number of nitrogens with zero attached hydrogens (tertiary/aromatic N) is 3. The summed E-state index contributed by atoms with van der Waals surface area (Å²) in [4.78, 5) is 19.9. The van der Waals surface area contributed by atoms with Crippen LogP contribution in [0.4, 0.5) is 10.2 Å². The van der Waals surface area contributed by atoms with Gasteiger partial charge in [0.1, 0.15) is 11.6 Å². The van der Waals surface area contributed by atoms with Gasteiger partial charge in [-0.05, 0) is 97.2 Å². The number of fused-ring (bicyclic) bond motifs is 1. The minimum Gasteiger partial charge on any atom is -0.384 e. The number of halogens is 1. The van der Waals surface area contributed by atoms with Crippen molar-refractivity contribution < 1.29 is 9.18 Å². The number of pyridine rings is 1. The fourth-order valence-corrected chi connectivity index (χ4v) is 7.60. The molecule has 0 saturated carbocycles. The van der Waals surface area contributed by atoms with Crippen molar-refractivity contribution in [3.05, 3.63) is 120 Å². The number of hydrogen-bond donors (Lipinski definition) is 2. The van der Waals surface area contributed by atoms with Crippen LogP contribution in [0.25, 0.3) is 22.2 Å². The Morgan fingerprint density at radius 3 is 2.65 bits per heavy atom. The van der Waals surface area contributed by atoms with Crippen molar-refractivity contribution in [1.82, 2.24) is 19.8 Å². The molecule has 48 heavy (non-hydrogen) atoms. The number of nitrogens with two attached hydrogens (primary N) is 1. The Labute approximate surface area is 286 Å². The standard InChI is InChI=1S/C40H47FN5OP/c1-2-30(11-8-19-43-26-28-16-20-44-37(42)24-28)40(47)45-21-17-31(18-22-45)38-35-12-6-7-13-36(35)46(39(38)32-9-4-3-5-10-32)27-29-14-15-34(48)25-33(41)23-29/h3-7,9-10,12-16,20,23-25,30-31,34,43H,2,8,11,17-19,21-22,26-27,48H2,1H3,(H2,42,44). The molecule has 2 aromatic heterocycles. The van der Waals surface area contributed by atoms with E-state index in [1.165, 1.54) is 16.6 Å². The summed E-state index contributed by atoms with van der Waals surface area (Å²) in [5, 5.41) is 4.72. The number of allylic oxidation sites excluding steroid dienone is 6. The molecular weight excluding hydrogens is 616 g/mol. The number of rotatable bonds is 12. The van der Waals surface area contributed by atoms with Gasteiger partial charge in [0, 0.05) is 54.9 Å².